The standard InChI is InChI=1S/C23H22O4S/c1-17-11-13-22(14-12-17)28(25,26)27-16-18(2)20-9-6-10-21(15-20)23(24)19-7-4-3-5-8-19/h3-15,18H,16H2,1-2H3. The van der Waals surface area contributed by atoms with Gasteiger partial charge >= 0.3 is 0 Å². The SMILES string of the molecule is Cc1ccc(S(=O)(=O)OCC(C)c2cccc(C(=O)c3ccccc3)c2)cc1. The fourth-order valence-electron chi connectivity index (χ4n) is 2.80. The van der Waals surface area contributed by atoms with E-state index in [1.54, 1.807) is 42.5 Å². The lowest BCUT2D eigenvalue weighted by Gasteiger charge is -2.14. The molecule has 0 bridgehead atoms. The molecule has 0 saturated heterocycles. The van der Waals surface area contributed by atoms with Gasteiger partial charge < -0.3 is 0 Å². The van der Waals surface area contributed by atoms with E-state index < -0.39 is 10.1 Å². The summed E-state index contributed by atoms with van der Waals surface area (Å²) in [6, 6.07) is 22.8. The Kier molecular flexibility index (Phi) is 6.07. The second-order valence-corrected chi connectivity index (χ2v) is 8.39. The highest BCUT2D eigenvalue weighted by Crippen LogP contribution is 2.21. The Morgan fingerprint density at radius 1 is 0.893 bits per heavy atom. The predicted molar refractivity (Wildman–Crippen MR) is 109 cm³/mol. The molecule has 5 heteroatoms. The summed E-state index contributed by atoms with van der Waals surface area (Å²) in [5.74, 6) is -0.258. The number of benzene rings is 3. The molecule has 0 heterocycles. The third kappa shape index (κ3) is 4.74. The van der Waals surface area contributed by atoms with Crippen LogP contribution in [0.3, 0.4) is 0 Å². The van der Waals surface area contributed by atoms with Gasteiger partial charge in [-0.25, -0.2) is 0 Å². The van der Waals surface area contributed by atoms with Crippen LogP contribution in [0.5, 0.6) is 0 Å². The van der Waals surface area contributed by atoms with Crippen molar-refractivity contribution in [2.45, 2.75) is 24.7 Å². The Balaban J connectivity index is 1.72. The van der Waals surface area contributed by atoms with Gasteiger partial charge in [0.1, 0.15) is 0 Å². The van der Waals surface area contributed by atoms with Gasteiger partial charge in [-0.05, 0) is 30.7 Å². The van der Waals surface area contributed by atoms with Crippen molar-refractivity contribution in [1.29, 1.82) is 0 Å². The molecule has 0 aliphatic heterocycles. The van der Waals surface area contributed by atoms with E-state index in [1.807, 2.05) is 38.1 Å². The van der Waals surface area contributed by atoms with Crippen molar-refractivity contribution < 1.29 is 17.4 Å². The summed E-state index contributed by atoms with van der Waals surface area (Å²) >= 11 is 0. The zero-order valence-electron chi connectivity index (χ0n) is 15.8. The van der Waals surface area contributed by atoms with Crippen LogP contribution < -0.4 is 0 Å². The van der Waals surface area contributed by atoms with E-state index in [9.17, 15) is 13.2 Å². The molecule has 0 radical (unpaired) electrons. The summed E-state index contributed by atoms with van der Waals surface area (Å²) in [6.45, 7) is 3.76. The first-order chi connectivity index (χ1) is 13.4. The monoisotopic (exact) mass is 394 g/mol. The lowest BCUT2D eigenvalue weighted by atomic mass is 9.96. The summed E-state index contributed by atoms with van der Waals surface area (Å²) in [5.41, 5.74) is 3.01. The first-order valence-electron chi connectivity index (χ1n) is 9.02. The van der Waals surface area contributed by atoms with Crippen molar-refractivity contribution in [1.82, 2.24) is 0 Å². The van der Waals surface area contributed by atoms with E-state index in [0.29, 0.717) is 11.1 Å². The number of ketones is 1. The van der Waals surface area contributed by atoms with Crippen molar-refractivity contribution in [3.63, 3.8) is 0 Å². The molecule has 0 aliphatic carbocycles. The molecule has 28 heavy (non-hydrogen) atoms. The zero-order chi connectivity index (χ0) is 20.1. The van der Waals surface area contributed by atoms with E-state index in [4.69, 9.17) is 4.18 Å². The minimum absolute atomic E-state index is 0.000803. The fourth-order valence-corrected chi connectivity index (χ4v) is 3.79. The lowest BCUT2D eigenvalue weighted by molar-refractivity contribution is 0.103. The molecule has 0 spiro atoms. The van der Waals surface area contributed by atoms with Gasteiger partial charge in [0.05, 0.1) is 11.5 Å². The fraction of sp³-hybridized carbons (Fsp3) is 0.174. The molecule has 3 rings (SSSR count). The highest BCUT2D eigenvalue weighted by molar-refractivity contribution is 7.86. The number of hydrogen-bond donors (Lipinski definition) is 0. The Morgan fingerprint density at radius 2 is 1.54 bits per heavy atom. The number of aryl methyl sites for hydroxylation is 1. The molecule has 0 amide bonds. The minimum Gasteiger partial charge on any atom is -0.289 e. The Morgan fingerprint density at radius 3 is 2.21 bits per heavy atom. The van der Waals surface area contributed by atoms with Crippen LogP contribution in [0.15, 0.2) is 83.8 Å². The number of carbonyl (C=O) groups excluding carboxylic acids is 1. The molecule has 0 fully saturated rings. The van der Waals surface area contributed by atoms with Crippen molar-refractivity contribution in [2.75, 3.05) is 6.61 Å². The maximum Gasteiger partial charge on any atom is 0.296 e. The molecule has 1 unspecified atom stereocenters. The van der Waals surface area contributed by atoms with E-state index in [0.717, 1.165) is 11.1 Å². The summed E-state index contributed by atoms with van der Waals surface area (Å²) in [7, 11) is -3.82. The average Bonchev–Trinajstić information content (AvgIpc) is 2.72. The van der Waals surface area contributed by atoms with Crippen molar-refractivity contribution in [2.24, 2.45) is 0 Å². The first-order valence-corrected chi connectivity index (χ1v) is 10.4. The molecular weight excluding hydrogens is 372 g/mol. The van der Waals surface area contributed by atoms with Crippen molar-refractivity contribution in [3.8, 4) is 0 Å². The normalized spacial score (nSPS) is 12.5. The molecule has 3 aromatic rings. The molecule has 0 aliphatic rings. The largest absolute Gasteiger partial charge is 0.296 e. The second-order valence-electron chi connectivity index (χ2n) is 6.77. The number of rotatable bonds is 7. The average molecular weight is 394 g/mol. The third-order valence-corrected chi connectivity index (χ3v) is 5.83. The zero-order valence-corrected chi connectivity index (χ0v) is 16.6. The molecule has 0 aromatic heterocycles. The Hall–Kier alpha value is -2.76. The predicted octanol–water partition coefficient (Wildman–Crippen LogP) is 4.74. The molecule has 3 aromatic carbocycles. The van der Waals surface area contributed by atoms with Crippen molar-refractivity contribution in [3.05, 3.63) is 101 Å². The summed E-state index contributed by atoms with van der Waals surface area (Å²) in [5, 5.41) is 0. The Labute approximate surface area is 165 Å². The highest BCUT2D eigenvalue weighted by Gasteiger charge is 2.18. The maximum absolute atomic E-state index is 12.6. The van der Waals surface area contributed by atoms with Gasteiger partial charge in [0.25, 0.3) is 10.1 Å². The van der Waals surface area contributed by atoms with Gasteiger partial charge in [0.2, 0.25) is 0 Å². The van der Waals surface area contributed by atoms with Crippen LogP contribution in [0.25, 0.3) is 0 Å². The molecule has 1 atom stereocenters. The topological polar surface area (TPSA) is 60.4 Å². The molecule has 144 valence electrons. The van der Waals surface area contributed by atoms with Crippen molar-refractivity contribution >= 4 is 15.9 Å². The number of hydrogen-bond acceptors (Lipinski definition) is 4. The summed E-state index contributed by atoms with van der Waals surface area (Å²) < 4.78 is 30.0. The Bertz CT molecular complexity index is 1060. The molecule has 0 N–H and O–H groups in total. The van der Waals surface area contributed by atoms with Gasteiger partial charge in [-0.1, -0.05) is 73.2 Å². The van der Waals surface area contributed by atoms with E-state index in [-0.39, 0.29) is 23.2 Å². The van der Waals surface area contributed by atoms with Gasteiger partial charge in [-0.2, -0.15) is 8.42 Å². The van der Waals surface area contributed by atoms with E-state index in [2.05, 4.69) is 0 Å². The molecule has 4 nitrogen and oxygen atoms in total. The van der Waals surface area contributed by atoms with E-state index in [1.165, 1.54) is 12.1 Å². The van der Waals surface area contributed by atoms with Gasteiger partial charge in [-0.3, -0.25) is 8.98 Å². The van der Waals surface area contributed by atoms with Gasteiger partial charge in [0, 0.05) is 17.0 Å². The quantitative estimate of drug-likeness (QED) is 0.429. The smallest absolute Gasteiger partial charge is 0.289 e. The minimum atomic E-state index is -3.82. The van der Waals surface area contributed by atoms with Crippen LogP contribution in [-0.4, -0.2) is 20.8 Å². The van der Waals surface area contributed by atoms with Gasteiger partial charge in [-0.15, -0.1) is 0 Å². The van der Waals surface area contributed by atoms with Crippen LogP contribution in [0.2, 0.25) is 0 Å². The molecule has 0 saturated carbocycles. The highest BCUT2D eigenvalue weighted by atomic mass is 32.2. The maximum atomic E-state index is 12.6. The van der Waals surface area contributed by atoms with Crippen LogP contribution >= 0.6 is 0 Å². The summed E-state index contributed by atoms with van der Waals surface area (Å²) in [6.07, 6.45) is 0. The van der Waals surface area contributed by atoms with Crippen LogP contribution in [0.1, 0.15) is 39.9 Å². The summed E-state index contributed by atoms with van der Waals surface area (Å²) in [4.78, 5) is 12.8. The lowest BCUT2D eigenvalue weighted by Crippen LogP contribution is -2.12. The third-order valence-electron chi connectivity index (χ3n) is 4.54. The van der Waals surface area contributed by atoms with Gasteiger partial charge in [0.15, 0.2) is 5.78 Å². The molecular formula is C23H22O4S. The van der Waals surface area contributed by atoms with Crippen LogP contribution in [0.4, 0.5) is 0 Å². The van der Waals surface area contributed by atoms with Crippen LogP contribution in [0, 0.1) is 6.92 Å². The van der Waals surface area contributed by atoms with E-state index >= 15 is 0 Å². The van der Waals surface area contributed by atoms with Crippen LogP contribution in [-0.2, 0) is 14.3 Å². The first kappa shape index (κ1) is 20.0. The second kappa shape index (κ2) is 8.50. The number of carbonyl (C=O) groups is 1.